The molecule has 1 aromatic rings. The fraction of sp³-hybridized carbons (Fsp3) is 0.462. The molecule has 0 saturated carbocycles. The molecule has 0 radical (unpaired) electrons. The number of nitrogens with zero attached hydrogens (tertiary/aromatic N) is 1. The summed E-state index contributed by atoms with van der Waals surface area (Å²) in [4.78, 5) is 13.5. The van der Waals surface area contributed by atoms with Crippen LogP contribution in [0, 0.1) is 0 Å². The van der Waals surface area contributed by atoms with Gasteiger partial charge in [0.15, 0.2) is 6.10 Å². The summed E-state index contributed by atoms with van der Waals surface area (Å²) < 4.78 is 6.77. The summed E-state index contributed by atoms with van der Waals surface area (Å²) in [6.45, 7) is 2.64. The normalized spacial score (nSPS) is 21.2. The zero-order chi connectivity index (χ0) is 13.3. The van der Waals surface area contributed by atoms with Crippen molar-refractivity contribution in [3.8, 4) is 5.75 Å². The Bertz CT molecular complexity index is 462. The Morgan fingerprint density at radius 3 is 2.83 bits per heavy atom. The Morgan fingerprint density at radius 2 is 2.28 bits per heavy atom. The number of likely N-dealkylation sites (tertiary alicyclic amines) is 1. The SMILES string of the molecule is C[C@@H](N)c1cc(Br)ccc1OC1CCN(C)C1=O. The summed E-state index contributed by atoms with van der Waals surface area (Å²) >= 11 is 3.41. The zero-order valence-electron chi connectivity index (χ0n) is 10.5. The number of amides is 1. The second-order valence-corrected chi connectivity index (χ2v) is 5.54. The zero-order valence-corrected chi connectivity index (χ0v) is 12.1. The first kappa shape index (κ1) is 13.4. The number of likely N-dealkylation sites (N-methyl/N-ethyl adjacent to an activating group) is 1. The molecule has 2 N–H and O–H groups in total. The van der Waals surface area contributed by atoms with Crippen LogP contribution in [-0.4, -0.2) is 30.5 Å². The smallest absolute Gasteiger partial charge is 0.263 e. The average molecular weight is 313 g/mol. The van der Waals surface area contributed by atoms with Gasteiger partial charge in [-0.15, -0.1) is 0 Å². The number of rotatable bonds is 3. The number of hydrogen-bond donors (Lipinski definition) is 1. The van der Waals surface area contributed by atoms with Gasteiger partial charge in [0.1, 0.15) is 5.75 Å². The van der Waals surface area contributed by atoms with E-state index in [9.17, 15) is 4.79 Å². The molecule has 0 aliphatic carbocycles. The van der Waals surface area contributed by atoms with Crippen molar-refractivity contribution >= 4 is 21.8 Å². The van der Waals surface area contributed by atoms with E-state index in [1.54, 1.807) is 11.9 Å². The average Bonchev–Trinajstić information content (AvgIpc) is 2.63. The topological polar surface area (TPSA) is 55.6 Å². The van der Waals surface area contributed by atoms with Crippen molar-refractivity contribution in [2.45, 2.75) is 25.5 Å². The van der Waals surface area contributed by atoms with E-state index < -0.39 is 0 Å². The van der Waals surface area contributed by atoms with Gasteiger partial charge in [0.25, 0.3) is 5.91 Å². The van der Waals surface area contributed by atoms with Crippen molar-refractivity contribution < 1.29 is 9.53 Å². The highest BCUT2D eigenvalue weighted by atomic mass is 79.9. The lowest BCUT2D eigenvalue weighted by molar-refractivity contribution is -0.132. The Kier molecular flexibility index (Phi) is 3.92. The van der Waals surface area contributed by atoms with Gasteiger partial charge in [-0.2, -0.15) is 0 Å². The summed E-state index contributed by atoms with van der Waals surface area (Å²) in [5, 5.41) is 0. The van der Waals surface area contributed by atoms with E-state index in [-0.39, 0.29) is 18.1 Å². The van der Waals surface area contributed by atoms with E-state index in [2.05, 4.69) is 15.9 Å². The number of hydrogen-bond acceptors (Lipinski definition) is 3. The predicted molar refractivity (Wildman–Crippen MR) is 73.4 cm³/mol. The third-order valence-corrected chi connectivity index (χ3v) is 3.60. The Morgan fingerprint density at radius 1 is 1.56 bits per heavy atom. The Labute approximate surface area is 115 Å². The van der Waals surface area contributed by atoms with Gasteiger partial charge < -0.3 is 15.4 Å². The van der Waals surface area contributed by atoms with Crippen LogP contribution in [0.4, 0.5) is 0 Å². The quantitative estimate of drug-likeness (QED) is 0.929. The molecule has 1 unspecified atom stereocenters. The molecule has 2 atom stereocenters. The number of halogens is 1. The van der Waals surface area contributed by atoms with Gasteiger partial charge in [0, 0.05) is 36.1 Å². The molecule has 18 heavy (non-hydrogen) atoms. The lowest BCUT2D eigenvalue weighted by Gasteiger charge is -2.18. The molecule has 1 aliphatic rings. The van der Waals surface area contributed by atoms with Crippen LogP contribution in [-0.2, 0) is 4.79 Å². The monoisotopic (exact) mass is 312 g/mol. The highest BCUT2D eigenvalue weighted by molar-refractivity contribution is 9.10. The maximum Gasteiger partial charge on any atom is 0.263 e. The maximum absolute atomic E-state index is 11.8. The number of carbonyl (C=O) groups excluding carboxylic acids is 1. The first-order valence-corrected chi connectivity index (χ1v) is 6.75. The van der Waals surface area contributed by atoms with Crippen molar-refractivity contribution in [1.29, 1.82) is 0 Å². The third-order valence-electron chi connectivity index (χ3n) is 3.11. The van der Waals surface area contributed by atoms with Gasteiger partial charge in [-0.05, 0) is 25.1 Å². The molecule has 0 aromatic heterocycles. The van der Waals surface area contributed by atoms with Crippen molar-refractivity contribution in [3.63, 3.8) is 0 Å². The van der Waals surface area contributed by atoms with Crippen molar-refractivity contribution in [2.75, 3.05) is 13.6 Å². The molecule has 0 spiro atoms. The molecule has 1 amide bonds. The Balaban J connectivity index is 2.21. The van der Waals surface area contributed by atoms with Crippen LogP contribution in [0.5, 0.6) is 5.75 Å². The van der Waals surface area contributed by atoms with Crippen LogP contribution in [0.25, 0.3) is 0 Å². The molecule has 1 fully saturated rings. The van der Waals surface area contributed by atoms with E-state index in [1.165, 1.54) is 0 Å². The van der Waals surface area contributed by atoms with E-state index in [4.69, 9.17) is 10.5 Å². The van der Waals surface area contributed by atoms with E-state index in [0.29, 0.717) is 5.75 Å². The molecule has 2 rings (SSSR count). The summed E-state index contributed by atoms with van der Waals surface area (Å²) in [5.74, 6) is 0.732. The highest BCUT2D eigenvalue weighted by Crippen LogP contribution is 2.29. The van der Waals surface area contributed by atoms with Gasteiger partial charge in [-0.1, -0.05) is 15.9 Å². The maximum atomic E-state index is 11.8. The lowest BCUT2D eigenvalue weighted by atomic mass is 10.1. The van der Waals surface area contributed by atoms with Gasteiger partial charge in [-0.3, -0.25) is 4.79 Å². The summed E-state index contributed by atoms with van der Waals surface area (Å²) in [6.07, 6.45) is 0.345. The highest BCUT2D eigenvalue weighted by Gasteiger charge is 2.31. The van der Waals surface area contributed by atoms with Gasteiger partial charge in [0.05, 0.1) is 0 Å². The standard InChI is InChI=1S/C13H17BrN2O2/c1-8(15)10-7-9(14)3-4-11(10)18-12-5-6-16(2)13(12)17/h3-4,7-8,12H,5-6,15H2,1-2H3/t8-,12?/m1/s1. The van der Waals surface area contributed by atoms with E-state index >= 15 is 0 Å². The Hall–Kier alpha value is -1.07. The van der Waals surface area contributed by atoms with Crippen molar-refractivity contribution in [2.24, 2.45) is 5.73 Å². The molecule has 1 saturated heterocycles. The number of benzene rings is 1. The van der Waals surface area contributed by atoms with Gasteiger partial charge in [0.2, 0.25) is 0 Å². The molecular weight excluding hydrogens is 296 g/mol. The third kappa shape index (κ3) is 2.67. The van der Waals surface area contributed by atoms with Gasteiger partial charge >= 0.3 is 0 Å². The minimum atomic E-state index is -0.381. The van der Waals surface area contributed by atoms with Crippen LogP contribution in [0.2, 0.25) is 0 Å². The second-order valence-electron chi connectivity index (χ2n) is 4.63. The first-order valence-electron chi connectivity index (χ1n) is 5.95. The minimum absolute atomic E-state index is 0.0357. The molecule has 0 bridgehead atoms. The molecule has 1 heterocycles. The van der Waals surface area contributed by atoms with Crippen LogP contribution in [0.1, 0.15) is 24.9 Å². The summed E-state index contributed by atoms with van der Waals surface area (Å²) in [6, 6.07) is 5.55. The minimum Gasteiger partial charge on any atom is -0.480 e. The predicted octanol–water partition coefficient (Wildman–Crippen LogP) is 2.08. The van der Waals surface area contributed by atoms with Crippen LogP contribution in [0.3, 0.4) is 0 Å². The number of nitrogens with two attached hydrogens (primary N) is 1. The number of ether oxygens (including phenoxy) is 1. The van der Waals surface area contributed by atoms with Crippen molar-refractivity contribution in [1.82, 2.24) is 4.90 Å². The summed E-state index contributed by atoms with van der Waals surface area (Å²) in [5.41, 5.74) is 6.83. The largest absolute Gasteiger partial charge is 0.480 e. The number of carbonyl (C=O) groups is 1. The molecular formula is C13H17BrN2O2. The van der Waals surface area contributed by atoms with E-state index in [0.717, 1.165) is 23.0 Å². The first-order chi connectivity index (χ1) is 8.49. The van der Waals surface area contributed by atoms with Crippen molar-refractivity contribution in [3.05, 3.63) is 28.2 Å². The summed E-state index contributed by atoms with van der Waals surface area (Å²) in [7, 11) is 1.79. The fourth-order valence-electron chi connectivity index (χ4n) is 2.04. The van der Waals surface area contributed by atoms with Crippen LogP contribution in [0.15, 0.2) is 22.7 Å². The molecule has 5 heteroatoms. The molecule has 98 valence electrons. The van der Waals surface area contributed by atoms with Crippen LogP contribution < -0.4 is 10.5 Å². The lowest BCUT2D eigenvalue weighted by Crippen LogP contribution is -2.29. The fourth-order valence-corrected chi connectivity index (χ4v) is 2.41. The van der Waals surface area contributed by atoms with Crippen LogP contribution >= 0.6 is 15.9 Å². The van der Waals surface area contributed by atoms with Gasteiger partial charge in [-0.25, -0.2) is 0 Å². The molecule has 1 aliphatic heterocycles. The second kappa shape index (κ2) is 5.28. The molecule has 4 nitrogen and oxygen atoms in total. The molecule has 1 aromatic carbocycles. The van der Waals surface area contributed by atoms with E-state index in [1.807, 2.05) is 25.1 Å².